The Labute approximate surface area is 116 Å². The lowest BCUT2D eigenvalue weighted by Gasteiger charge is -2.24. The van der Waals surface area contributed by atoms with Crippen LogP contribution in [-0.4, -0.2) is 29.8 Å². The number of nitrogens with one attached hydrogen (secondary N) is 1. The molecule has 0 saturated carbocycles. The number of amides is 1. The molecule has 1 rings (SSSR count). The number of carbonyl (C=O) groups is 1. The summed E-state index contributed by atoms with van der Waals surface area (Å²) in [7, 11) is 0. The molecule has 0 aromatic heterocycles. The fraction of sp³-hybridized carbons (Fsp3) is 0.500. The van der Waals surface area contributed by atoms with Crippen molar-refractivity contribution in [1.29, 1.82) is 0 Å². The minimum Gasteiger partial charge on any atom is -0.434 e. The largest absolute Gasteiger partial charge is 0.434 e. The monoisotopic (exact) mass is 287 g/mol. The summed E-state index contributed by atoms with van der Waals surface area (Å²) in [5, 5.41) is 11.8. The van der Waals surface area contributed by atoms with E-state index in [0.29, 0.717) is 16.7 Å². The highest BCUT2D eigenvalue weighted by molar-refractivity contribution is 5.95. The lowest BCUT2D eigenvalue weighted by atomic mass is 10.0. The van der Waals surface area contributed by atoms with E-state index in [4.69, 9.17) is 5.11 Å². The summed E-state index contributed by atoms with van der Waals surface area (Å²) in [6, 6.07) is 2.96. The van der Waals surface area contributed by atoms with Gasteiger partial charge in [0.1, 0.15) is 5.75 Å². The average Bonchev–Trinajstić information content (AvgIpc) is 2.32. The van der Waals surface area contributed by atoms with E-state index in [9.17, 15) is 13.6 Å². The molecular weight excluding hydrogens is 268 g/mol. The molecule has 20 heavy (non-hydrogen) atoms. The van der Waals surface area contributed by atoms with E-state index < -0.39 is 12.2 Å². The van der Waals surface area contributed by atoms with Gasteiger partial charge < -0.3 is 15.2 Å². The van der Waals surface area contributed by atoms with Crippen LogP contribution in [0, 0.1) is 13.8 Å². The molecule has 0 bridgehead atoms. The number of rotatable bonds is 5. The highest BCUT2D eigenvalue weighted by Gasteiger charge is 2.21. The zero-order valence-electron chi connectivity index (χ0n) is 12.0. The molecule has 1 aromatic carbocycles. The Hall–Kier alpha value is -1.69. The number of benzene rings is 1. The van der Waals surface area contributed by atoms with E-state index in [1.165, 1.54) is 12.1 Å². The van der Waals surface area contributed by atoms with Gasteiger partial charge in [-0.1, -0.05) is 0 Å². The average molecular weight is 287 g/mol. The smallest absolute Gasteiger partial charge is 0.387 e. The molecule has 0 atom stereocenters. The van der Waals surface area contributed by atoms with Crippen LogP contribution in [0.25, 0.3) is 0 Å². The van der Waals surface area contributed by atoms with Crippen molar-refractivity contribution in [1.82, 2.24) is 5.32 Å². The number of aliphatic hydroxyl groups excluding tert-OH is 1. The second-order valence-corrected chi connectivity index (χ2v) is 5.31. The first-order chi connectivity index (χ1) is 9.16. The van der Waals surface area contributed by atoms with Gasteiger partial charge in [0.15, 0.2) is 0 Å². The standard InChI is InChI=1S/C14H19F2NO3/c1-8-5-10(12(19)17-14(3,4)7-18)6-9(2)11(8)20-13(15)16/h5-6,13,18H,7H2,1-4H3,(H,17,19). The number of hydrogen-bond donors (Lipinski definition) is 2. The molecule has 0 aliphatic heterocycles. The quantitative estimate of drug-likeness (QED) is 0.874. The van der Waals surface area contributed by atoms with Gasteiger partial charge in [0, 0.05) is 5.56 Å². The van der Waals surface area contributed by atoms with E-state index in [1.807, 2.05) is 0 Å². The zero-order chi connectivity index (χ0) is 15.5. The van der Waals surface area contributed by atoms with Crippen LogP contribution in [0.3, 0.4) is 0 Å². The van der Waals surface area contributed by atoms with E-state index in [0.717, 1.165) is 0 Å². The minimum atomic E-state index is -2.90. The molecule has 0 spiro atoms. The summed E-state index contributed by atoms with van der Waals surface area (Å²) in [4.78, 5) is 12.0. The summed E-state index contributed by atoms with van der Waals surface area (Å²) < 4.78 is 29.0. The van der Waals surface area contributed by atoms with E-state index >= 15 is 0 Å². The van der Waals surface area contributed by atoms with Gasteiger partial charge in [-0.3, -0.25) is 4.79 Å². The van der Waals surface area contributed by atoms with Crippen LogP contribution in [0.5, 0.6) is 5.75 Å². The number of aliphatic hydroxyl groups is 1. The molecule has 2 N–H and O–H groups in total. The number of ether oxygens (including phenoxy) is 1. The molecule has 0 saturated heterocycles. The molecule has 0 fully saturated rings. The summed E-state index contributed by atoms with van der Waals surface area (Å²) in [5.41, 5.74) is 0.495. The molecule has 4 nitrogen and oxygen atoms in total. The van der Waals surface area contributed by atoms with Gasteiger partial charge in [0.25, 0.3) is 5.91 Å². The Morgan fingerprint density at radius 2 is 1.85 bits per heavy atom. The Balaban J connectivity index is 3.02. The first-order valence-electron chi connectivity index (χ1n) is 6.15. The van der Waals surface area contributed by atoms with E-state index in [-0.39, 0.29) is 18.3 Å². The second kappa shape index (κ2) is 6.17. The molecule has 1 amide bonds. The third-order valence-electron chi connectivity index (χ3n) is 2.78. The zero-order valence-corrected chi connectivity index (χ0v) is 12.0. The van der Waals surface area contributed by atoms with Crippen LogP contribution in [0.2, 0.25) is 0 Å². The number of hydrogen-bond acceptors (Lipinski definition) is 3. The molecular formula is C14H19F2NO3. The first-order valence-corrected chi connectivity index (χ1v) is 6.15. The van der Waals surface area contributed by atoms with Crippen molar-refractivity contribution in [2.24, 2.45) is 0 Å². The number of halogens is 2. The minimum absolute atomic E-state index is 0.0815. The number of carbonyl (C=O) groups excluding carboxylic acids is 1. The van der Waals surface area contributed by atoms with Gasteiger partial charge in [-0.2, -0.15) is 8.78 Å². The molecule has 1 aromatic rings. The first kappa shape index (κ1) is 16.4. The topological polar surface area (TPSA) is 58.6 Å². The molecule has 6 heteroatoms. The Kier molecular flexibility index (Phi) is 5.05. The normalized spacial score (nSPS) is 11.6. The molecule has 0 radical (unpaired) electrons. The fourth-order valence-corrected chi connectivity index (χ4v) is 1.78. The lowest BCUT2D eigenvalue weighted by Crippen LogP contribution is -2.46. The number of alkyl halides is 2. The predicted octanol–water partition coefficient (Wildman–Crippen LogP) is 2.41. The van der Waals surface area contributed by atoms with Crippen molar-refractivity contribution in [2.45, 2.75) is 39.8 Å². The predicted molar refractivity (Wildman–Crippen MR) is 71.2 cm³/mol. The molecule has 0 aliphatic carbocycles. The summed E-state index contributed by atoms with van der Waals surface area (Å²) in [5.74, 6) is -0.295. The fourth-order valence-electron chi connectivity index (χ4n) is 1.78. The third kappa shape index (κ3) is 4.16. The van der Waals surface area contributed by atoms with Crippen LogP contribution in [-0.2, 0) is 0 Å². The van der Waals surface area contributed by atoms with Gasteiger partial charge in [-0.15, -0.1) is 0 Å². The molecule has 0 aliphatic rings. The highest BCUT2D eigenvalue weighted by atomic mass is 19.3. The van der Waals surface area contributed by atoms with Gasteiger partial charge >= 0.3 is 6.61 Å². The molecule has 0 unspecified atom stereocenters. The Bertz CT molecular complexity index is 478. The number of aryl methyl sites for hydroxylation is 2. The maximum Gasteiger partial charge on any atom is 0.387 e. The second-order valence-electron chi connectivity index (χ2n) is 5.31. The highest BCUT2D eigenvalue weighted by Crippen LogP contribution is 2.26. The Morgan fingerprint density at radius 3 is 2.25 bits per heavy atom. The van der Waals surface area contributed by atoms with Crippen molar-refractivity contribution < 1.29 is 23.4 Å². The summed E-state index contributed by atoms with van der Waals surface area (Å²) >= 11 is 0. The van der Waals surface area contributed by atoms with Crippen LogP contribution in [0.4, 0.5) is 8.78 Å². The van der Waals surface area contributed by atoms with Crippen molar-refractivity contribution in [3.8, 4) is 5.75 Å². The van der Waals surface area contributed by atoms with Crippen LogP contribution in [0.1, 0.15) is 35.3 Å². The molecule has 112 valence electrons. The van der Waals surface area contributed by atoms with Gasteiger partial charge in [0.2, 0.25) is 0 Å². The Morgan fingerprint density at radius 1 is 1.35 bits per heavy atom. The van der Waals surface area contributed by atoms with Crippen LogP contribution in [0.15, 0.2) is 12.1 Å². The maximum atomic E-state index is 12.3. The summed E-state index contributed by atoms with van der Waals surface area (Å²) in [6.07, 6.45) is 0. The van der Waals surface area contributed by atoms with Crippen molar-refractivity contribution in [3.05, 3.63) is 28.8 Å². The SMILES string of the molecule is Cc1cc(C(=O)NC(C)(C)CO)cc(C)c1OC(F)F. The van der Waals surface area contributed by atoms with Crippen molar-refractivity contribution >= 4 is 5.91 Å². The molecule has 0 heterocycles. The van der Waals surface area contributed by atoms with Crippen LogP contribution < -0.4 is 10.1 Å². The van der Waals surface area contributed by atoms with E-state index in [1.54, 1.807) is 27.7 Å². The van der Waals surface area contributed by atoms with Gasteiger partial charge in [0.05, 0.1) is 12.1 Å². The van der Waals surface area contributed by atoms with Crippen LogP contribution >= 0.6 is 0 Å². The summed E-state index contributed by atoms with van der Waals surface area (Å²) in [6.45, 7) is 3.44. The van der Waals surface area contributed by atoms with Crippen molar-refractivity contribution in [2.75, 3.05) is 6.61 Å². The maximum absolute atomic E-state index is 12.3. The van der Waals surface area contributed by atoms with E-state index in [2.05, 4.69) is 10.1 Å². The third-order valence-corrected chi connectivity index (χ3v) is 2.78. The lowest BCUT2D eigenvalue weighted by molar-refractivity contribution is -0.0507. The van der Waals surface area contributed by atoms with Gasteiger partial charge in [-0.25, -0.2) is 0 Å². The van der Waals surface area contributed by atoms with Gasteiger partial charge in [-0.05, 0) is 51.0 Å². The van der Waals surface area contributed by atoms with Crippen molar-refractivity contribution in [3.63, 3.8) is 0 Å².